The Balaban J connectivity index is 1.45. The number of rotatable bonds is 4. The molecule has 31 heavy (non-hydrogen) atoms. The van der Waals surface area contributed by atoms with E-state index < -0.39 is 0 Å². The number of nitrogens with zero attached hydrogens (tertiary/aromatic N) is 5. The third-order valence-electron chi connectivity index (χ3n) is 5.62. The van der Waals surface area contributed by atoms with Crippen LogP contribution in [0.25, 0.3) is 32.2 Å². The van der Waals surface area contributed by atoms with Gasteiger partial charge in [-0.1, -0.05) is 18.2 Å². The van der Waals surface area contributed by atoms with E-state index in [9.17, 15) is 9.59 Å². The Morgan fingerprint density at radius 1 is 1.23 bits per heavy atom. The maximum absolute atomic E-state index is 13.3. The van der Waals surface area contributed by atoms with E-state index in [4.69, 9.17) is 4.98 Å². The molecule has 10 heteroatoms. The zero-order valence-corrected chi connectivity index (χ0v) is 17.4. The summed E-state index contributed by atoms with van der Waals surface area (Å²) >= 11 is 1.57. The number of aliphatic imine (C=N–C) groups is 1. The topological polar surface area (TPSA) is 114 Å². The van der Waals surface area contributed by atoms with Crippen molar-refractivity contribution >= 4 is 49.2 Å². The van der Waals surface area contributed by atoms with Crippen LogP contribution in [0, 0.1) is 0 Å². The molecule has 6 rings (SSSR count). The molecular formula is C21H17N7O2S. The van der Waals surface area contributed by atoms with Gasteiger partial charge in [0, 0.05) is 24.6 Å². The lowest BCUT2D eigenvalue weighted by Gasteiger charge is -2.06. The quantitative estimate of drug-likeness (QED) is 0.454. The van der Waals surface area contributed by atoms with Gasteiger partial charge in [-0.25, -0.2) is 9.67 Å². The predicted molar refractivity (Wildman–Crippen MR) is 121 cm³/mol. The highest BCUT2D eigenvalue weighted by Gasteiger charge is 2.19. The minimum absolute atomic E-state index is 0.205. The van der Waals surface area contributed by atoms with Gasteiger partial charge in [0.15, 0.2) is 5.65 Å². The number of fused-ring (bicyclic) bond motifs is 4. The van der Waals surface area contributed by atoms with Crippen molar-refractivity contribution < 1.29 is 0 Å². The first-order valence-corrected chi connectivity index (χ1v) is 10.6. The molecule has 0 unspecified atom stereocenters. The van der Waals surface area contributed by atoms with Crippen LogP contribution < -0.4 is 11.1 Å². The number of hydrogen-bond donors (Lipinski definition) is 2. The molecule has 5 heterocycles. The smallest absolute Gasteiger partial charge is 0.291 e. The van der Waals surface area contributed by atoms with E-state index in [1.165, 1.54) is 4.68 Å². The number of hydrogen-bond acceptors (Lipinski definition) is 6. The van der Waals surface area contributed by atoms with Crippen molar-refractivity contribution in [1.82, 2.24) is 29.5 Å². The monoisotopic (exact) mass is 431 g/mol. The molecule has 0 saturated heterocycles. The molecule has 0 spiro atoms. The van der Waals surface area contributed by atoms with Gasteiger partial charge in [0.1, 0.15) is 10.5 Å². The van der Waals surface area contributed by atoms with Crippen LogP contribution in [0.1, 0.15) is 10.6 Å². The van der Waals surface area contributed by atoms with Crippen LogP contribution >= 0.6 is 11.3 Å². The van der Waals surface area contributed by atoms with Gasteiger partial charge in [-0.3, -0.25) is 24.8 Å². The second kappa shape index (κ2) is 6.61. The lowest BCUT2D eigenvalue weighted by molar-refractivity contribution is 0.646. The summed E-state index contributed by atoms with van der Waals surface area (Å²) in [7, 11) is 1.85. The Kier molecular flexibility index (Phi) is 3.84. The number of H-pyrrole nitrogens is 2. The van der Waals surface area contributed by atoms with Gasteiger partial charge in [0.05, 0.1) is 34.9 Å². The minimum Gasteiger partial charge on any atom is -0.323 e. The van der Waals surface area contributed by atoms with E-state index in [0.29, 0.717) is 22.8 Å². The molecule has 1 aliphatic heterocycles. The fourth-order valence-electron chi connectivity index (χ4n) is 4.15. The molecule has 0 bridgehead atoms. The molecule has 0 fully saturated rings. The summed E-state index contributed by atoms with van der Waals surface area (Å²) in [6.45, 7) is 0.936. The Bertz CT molecular complexity index is 1680. The average Bonchev–Trinajstić information content (AvgIpc) is 3.53. The Morgan fingerprint density at radius 3 is 2.97 bits per heavy atom. The summed E-state index contributed by atoms with van der Waals surface area (Å²) in [5, 5.41) is 12.1. The van der Waals surface area contributed by atoms with Crippen molar-refractivity contribution in [3.05, 3.63) is 67.8 Å². The van der Waals surface area contributed by atoms with Crippen LogP contribution in [-0.4, -0.2) is 41.8 Å². The first-order valence-electron chi connectivity index (χ1n) is 9.82. The van der Waals surface area contributed by atoms with E-state index in [2.05, 4.69) is 20.3 Å². The minimum atomic E-state index is -0.211. The third kappa shape index (κ3) is 2.72. The molecule has 4 aromatic heterocycles. The second-order valence-electron chi connectivity index (χ2n) is 7.52. The largest absolute Gasteiger partial charge is 0.323 e. The number of thiazole rings is 1. The predicted octanol–water partition coefficient (Wildman–Crippen LogP) is 2.12. The van der Waals surface area contributed by atoms with Gasteiger partial charge in [-0.15, -0.1) is 11.3 Å². The standard InChI is InChI=1S/C21H17N7O2S/c1-27-17-13(18-19(27)24-15(31-18)8-12-5-3-7-22-12)9-23-28(21(17)30)10-11-4-2-6-14-16(11)20(29)26-25-14/h2-6,9H,7-8,10H2,1H3,(H2,25,26,29). The third-order valence-corrected chi connectivity index (χ3v) is 6.70. The Morgan fingerprint density at radius 2 is 2.13 bits per heavy atom. The van der Waals surface area contributed by atoms with Gasteiger partial charge in [-0.05, 0) is 17.7 Å². The summed E-state index contributed by atoms with van der Waals surface area (Å²) < 4.78 is 4.18. The number of benzene rings is 1. The van der Waals surface area contributed by atoms with Crippen LogP contribution in [-0.2, 0) is 20.0 Å². The highest BCUT2D eigenvalue weighted by molar-refractivity contribution is 7.19. The number of aromatic nitrogens is 6. The van der Waals surface area contributed by atoms with Crippen LogP contribution in [0.5, 0.6) is 0 Å². The molecule has 0 radical (unpaired) electrons. The normalized spacial score (nSPS) is 13.8. The van der Waals surface area contributed by atoms with Crippen molar-refractivity contribution in [3.8, 4) is 0 Å². The van der Waals surface area contributed by atoms with Gasteiger partial charge >= 0.3 is 0 Å². The molecule has 0 atom stereocenters. The van der Waals surface area contributed by atoms with Crippen molar-refractivity contribution in [2.45, 2.75) is 13.0 Å². The highest BCUT2D eigenvalue weighted by Crippen LogP contribution is 2.31. The van der Waals surface area contributed by atoms with E-state index in [-0.39, 0.29) is 17.7 Å². The number of allylic oxidation sites excluding steroid dienone is 1. The zero-order valence-electron chi connectivity index (χ0n) is 16.5. The summed E-state index contributed by atoms with van der Waals surface area (Å²) in [4.78, 5) is 34.6. The average molecular weight is 431 g/mol. The van der Waals surface area contributed by atoms with Crippen molar-refractivity contribution in [2.24, 2.45) is 12.0 Å². The van der Waals surface area contributed by atoms with Crippen LogP contribution in [0.4, 0.5) is 0 Å². The molecule has 0 aliphatic carbocycles. The summed E-state index contributed by atoms with van der Waals surface area (Å²) in [5.74, 6) is 0. The fraction of sp³-hybridized carbons (Fsp3) is 0.190. The SMILES string of the molecule is Cn1c2nc(CC3=NCC=C3)sc2c2cnn(Cc3cccc4[nH][nH]c(=O)c34)c(=O)c21. The molecule has 0 saturated carbocycles. The molecule has 2 N–H and O–H groups in total. The Hall–Kier alpha value is -3.79. The van der Waals surface area contributed by atoms with Crippen molar-refractivity contribution in [3.63, 3.8) is 0 Å². The Labute approximate surface area is 178 Å². The molecule has 9 nitrogen and oxygen atoms in total. The second-order valence-corrected chi connectivity index (χ2v) is 8.60. The number of nitrogens with one attached hydrogen (secondary N) is 2. The van der Waals surface area contributed by atoms with E-state index >= 15 is 0 Å². The van der Waals surface area contributed by atoms with Gasteiger partial charge in [-0.2, -0.15) is 5.10 Å². The fourth-order valence-corrected chi connectivity index (χ4v) is 5.28. The number of aryl methyl sites for hydroxylation is 1. The maximum atomic E-state index is 13.3. The van der Waals surface area contributed by atoms with E-state index in [0.717, 1.165) is 38.6 Å². The first kappa shape index (κ1) is 18.0. The summed E-state index contributed by atoms with van der Waals surface area (Å²) in [5.41, 5.74) is 3.38. The molecule has 5 aromatic rings. The van der Waals surface area contributed by atoms with Gasteiger partial charge < -0.3 is 4.57 Å². The van der Waals surface area contributed by atoms with E-state index in [1.54, 1.807) is 17.5 Å². The highest BCUT2D eigenvalue weighted by atomic mass is 32.1. The van der Waals surface area contributed by atoms with Crippen LogP contribution in [0.15, 0.2) is 51.1 Å². The molecule has 0 amide bonds. The lowest BCUT2D eigenvalue weighted by Crippen LogP contribution is -2.25. The molecule has 154 valence electrons. The number of aromatic amines is 2. The molecule has 1 aromatic carbocycles. The first-order chi connectivity index (χ1) is 15.1. The van der Waals surface area contributed by atoms with Crippen molar-refractivity contribution in [2.75, 3.05) is 6.54 Å². The van der Waals surface area contributed by atoms with Crippen LogP contribution in [0.2, 0.25) is 0 Å². The van der Waals surface area contributed by atoms with E-state index in [1.807, 2.05) is 42.0 Å². The summed E-state index contributed by atoms with van der Waals surface area (Å²) in [6, 6.07) is 5.50. The zero-order chi connectivity index (χ0) is 21.1. The van der Waals surface area contributed by atoms with Gasteiger partial charge in [0.2, 0.25) is 0 Å². The molecular weight excluding hydrogens is 414 g/mol. The van der Waals surface area contributed by atoms with Crippen molar-refractivity contribution in [1.29, 1.82) is 0 Å². The lowest BCUT2D eigenvalue weighted by atomic mass is 10.1. The van der Waals surface area contributed by atoms with Crippen LogP contribution in [0.3, 0.4) is 0 Å². The summed E-state index contributed by atoms with van der Waals surface area (Å²) in [6.07, 6.45) is 6.47. The maximum Gasteiger partial charge on any atom is 0.291 e. The molecule has 1 aliphatic rings. The van der Waals surface area contributed by atoms with Gasteiger partial charge in [0.25, 0.3) is 11.1 Å².